The molecule has 74 heavy (non-hydrogen) atoms. The van der Waals surface area contributed by atoms with Gasteiger partial charge in [-0.15, -0.1) is 0 Å². The number of nitrogens with one attached hydrogen (secondary N) is 1. The predicted molar refractivity (Wildman–Crippen MR) is 323 cm³/mol. The van der Waals surface area contributed by atoms with Gasteiger partial charge in [0.25, 0.3) is 0 Å². The van der Waals surface area contributed by atoms with Gasteiger partial charge >= 0.3 is 7.82 Å². The molecule has 0 rings (SSSR count). The summed E-state index contributed by atoms with van der Waals surface area (Å²) >= 11 is 0. The van der Waals surface area contributed by atoms with Gasteiger partial charge in [-0.05, 0) is 57.8 Å². The van der Waals surface area contributed by atoms with Crippen LogP contribution in [0.5, 0.6) is 0 Å². The summed E-state index contributed by atoms with van der Waals surface area (Å²) in [5.41, 5.74) is 0. The second-order valence-electron chi connectivity index (χ2n) is 23.5. The highest BCUT2D eigenvalue weighted by Crippen LogP contribution is 2.43. The lowest BCUT2D eigenvalue weighted by Gasteiger charge is -2.25. The summed E-state index contributed by atoms with van der Waals surface area (Å²) < 4.78 is 23.8. The molecule has 0 heterocycles. The number of aliphatic hydroxyl groups is 1. The molecule has 0 fully saturated rings. The number of quaternary nitrogens is 1. The Morgan fingerprint density at radius 1 is 0.446 bits per heavy atom. The molecule has 3 N–H and O–H groups in total. The number of aliphatic hydroxyl groups excluding tert-OH is 1. The van der Waals surface area contributed by atoms with Crippen molar-refractivity contribution in [2.45, 2.75) is 334 Å². The summed E-state index contributed by atoms with van der Waals surface area (Å²) in [4.78, 5) is 23.4. The van der Waals surface area contributed by atoms with Crippen molar-refractivity contribution in [2.75, 3.05) is 40.9 Å². The van der Waals surface area contributed by atoms with Crippen molar-refractivity contribution in [2.24, 2.45) is 0 Å². The van der Waals surface area contributed by atoms with Gasteiger partial charge in [0.2, 0.25) is 5.91 Å². The molecule has 3 unspecified atom stereocenters. The van der Waals surface area contributed by atoms with E-state index in [0.717, 1.165) is 38.5 Å². The van der Waals surface area contributed by atoms with Crippen LogP contribution in [0.25, 0.3) is 0 Å². The number of unbranched alkanes of at least 4 members (excludes halogenated alkanes) is 43. The van der Waals surface area contributed by atoms with Gasteiger partial charge in [0.1, 0.15) is 13.2 Å². The van der Waals surface area contributed by atoms with Crippen molar-refractivity contribution >= 4 is 13.7 Å². The van der Waals surface area contributed by atoms with Gasteiger partial charge in [-0.25, -0.2) is 4.57 Å². The van der Waals surface area contributed by atoms with Gasteiger partial charge in [0.15, 0.2) is 0 Å². The van der Waals surface area contributed by atoms with E-state index in [9.17, 15) is 19.4 Å². The Kier molecular flexibility index (Phi) is 55.5. The molecule has 0 aliphatic heterocycles. The molecule has 0 aliphatic carbocycles. The lowest BCUT2D eigenvalue weighted by molar-refractivity contribution is -0.870. The molecule has 438 valence electrons. The first-order valence-electron chi connectivity index (χ1n) is 32.4. The number of nitrogens with zero attached hydrogens (tertiary/aromatic N) is 1. The van der Waals surface area contributed by atoms with E-state index >= 15 is 0 Å². The number of allylic oxidation sites excluding steroid dienone is 5. The van der Waals surface area contributed by atoms with E-state index in [0.29, 0.717) is 17.4 Å². The minimum absolute atomic E-state index is 0.0573. The number of hydrogen-bond donors (Lipinski definition) is 3. The third kappa shape index (κ3) is 58.4. The molecule has 0 saturated carbocycles. The monoisotopic (exact) mass is 1060 g/mol. The smallest absolute Gasteiger partial charge is 0.387 e. The van der Waals surface area contributed by atoms with E-state index in [1.165, 1.54) is 263 Å². The lowest BCUT2D eigenvalue weighted by atomic mass is 10.0. The average molecular weight is 1060 g/mol. The minimum Gasteiger partial charge on any atom is -0.387 e. The summed E-state index contributed by atoms with van der Waals surface area (Å²) in [6.45, 7) is 4.85. The molecular formula is C65H128N2O6P+. The molecule has 0 aromatic carbocycles. The third-order valence-electron chi connectivity index (χ3n) is 14.8. The van der Waals surface area contributed by atoms with Crippen LogP contribution in [-0.2, 0) is 18.4 Å². The normalized spacial score (nSPS) is 14.0. The fourth-order valence-corrected chi connectivity index (χ4v) is 10.5. The van der Waals surface area contributed by atoms with E-state index < -0.39 is 20.0 Å². The molecule has 0 aromatic rings. The van der Waals surface area contributed by atoms with Crippen LogP contribution in [0.2, 0.25) is 0 Å². The summed E-state index contributed by atoms with van der Waals surface area (Å²) in [7, 11) is 1.57. The second kappa shape index (κ2) is 56.4. The first kappa shape index (κ1) is 72.7. The Morgan fingerprint density at radius 3 is 1.08 bits per heavy atom. The van der Waals surface area contributed by atoms with E-state index in [1.54, 1.807) is 6.08 Å². The molecule has 0 spiro atoms. The van der Waals surface area contributed by atoms with Crippen LogP contribution in [0.15, 0.2) is 36.5 Å². The molecule has 0 saturated heterocycles. The first-order valence-corrected chi connectivity index (χ1v) is 33.9. The summed E-state index contributed by atoms with van der Waals surface area (Å²) in [6, 6.07) is -0.864. The summed E-state index contributed by atoms with van der Waals surface area (Å²) in [5.74, 6) is -0.182. The second-order valence-corrected chi connectivity index (χ2v) is 24.9. The Hall–Kier alpha value is -1.28. The first-order chi connectivity index (χ1) is 36.0. The highest BCUT2D eigenvalue weighted by atomic mass is 31.2. The maximum Gasteiger partial charge on any atom is 0.472 e. The average Bonchev–Trinajstić information content (AvgIpc) is 3.36. The third-order valence-corrected chi connectivity index (χ3v) is 15.8. The van der Waals surface area contributed by atoms with Crippen LogP contribution >= 0.6 is 7.82 Å². The molecule has 9 heteroatoms. The Bertz CT molecular complexity index is 1300. The van der Waals surface area contributed by atoms with Crippen molar-refractivity contribution in [3.8, 4) is 0 Å². The van der Waals surface area contributed by atoms with E-state index in [4.69, 9.17) is 9.05 Å². The van der Waals surface area contributed by atoms with Gasteiger partial charge in [0, 0.05) is 6.42 Å². The molecule has 0 radical (unpaired) electrons. The van der Waals surface area contributed by atoms with Crippen LogP contribution in [0.3, 0.4) is 0 Å². The van der Waals surface area contributed by atoms with E-state index in [-0.39, 0.29) is 19.1 Å². The van der Waals surface area contributed by atoms with E-state index in [2.05, 4.69) is 43.5 Å². The summed E-state index contributed by atoms with van der Waals surface area (Å²) in [6.07, 6.45) is 74.2. The van der Waals surface area contributed by atoms with Crippen molar-refractivity contribution in [1.29, 1.82) is 0 Å². The number of hydrogen-bond acceptors (Lipinski definition) is 5. The number of rotatable bonds is 60. The predicted octanol–water partition coefficient (Wildman–Crippen LogP) is 20.1. The molecule has 0 aliphatic rings. The molecule has 0 bridgehead atoms. The zero-order valence-corrected chi connectivity index (χ0v) is 51.0. The van der Waals surface area contributed by atoms with Crippen molar-refractivity contribution in [3.63, 3.8) is 0 Å². The maximum absolute atomic E-state index is 13.0. The van der Waals surface area contributed by atoms with Crippen LogP contribution < -0.4 is 5.32 Å². The number of carbonyl (C=O) groups is 1. The number of phosphoric acid groups is 1. The quantitative estimate of drug-likeness (QED) is 0.0243. The number of likely N-dealkylation sites (N-methyl/N-ethyl adjacent to an activating group) is 1. The SMILES string of the molecule is CCCCCCCCCCCCCC/C=C\CCCCCCCCCCCCCCCC(=O)NC(COP(=O)(O)OCC[N+](C)(C)C)C(O)/C=C/CC/C=C/CCCCCCCCCCCCCCCCCCC. The van der Waals surface area contributed by atoms with Crippen LogP contribution in [-0.4, -0.2) is 73.4 Å². The summed E-state index contributed by atoms with van der Waals surface area (Å²) in [5, 5.41) is 14.0. The molecule has 0 aromatic heterocycles. The Morgan fingerprint density at radius 2 is 0.743 bits per heavy atom. The Balaban J connectivity index is 4.13. The largest absolute Gasteiger partial charge is 0.472 e. The minimum atomic E-state index is -4.36. The van der Waals surface area contributed by atoms with Crippen LogP contribution in [0.1, 0.15) is 322 Å². The number of amides is 1. The van der Waals surface area contributed by atoms with Crippen LogP contribution in [0, 0.1) is 0 Å². The highest BCUT2D eigenvalue weighted by Gasteiger charge is 2.27. The standard InChI is InChI=1S/C65H127N2O6P/c1-6-8-10-12-14-16-18-20-22-24-26-28-30-31-32-33-34-35-37-39-41-43-45-47-49-51-53-55-57-59-65(69)66-63(62-73-74(70,71)72-61-60-67(3,4)5)64(68)58-56-54-52-50-48-46-44-42-40-38-36-29-27-25-23-21-19-17-15-13-11-9-7-2/h31-32,48,50,56,58,63-64,68H,6-30,33-47,49,51-55,57,59-62H2,1-5H3,(H-,66,69,70,71)/p+1/b32-31-,50-48+,58-56+. The molecule has 3 atom stereocenters. The van der Waals surface area contributed by atoms with Gasteiger partial charge in [-0.1, -0.05) is 294 Å². The van der Waals surface area contributed by atoms with Gasteiger partial charge in [-0.2, -0.15) is 0 Å². The van der Waals surface area contributed by atoms with Gasteiger partial charge in [0.05, 0.1) is 39.9 Å². The lowest BCUT2D eigenvalue weighted by Crippen LogP contribution is -2.45. The van der Waals surface area contributed by atoms with Crippen LogP contribution in [0.4, 0.5) is 0 Å². The topological polar surface area (TPSA) is 105 Å². The zero-order chi connectivity index (χ0) is 54.2. The zero-order valence-electron chi connectivity index (χ0n) is 50.1. The molecule has 8 nitrogen and oxygen atoms in total. The number of carbonyl (C=O) groups excluding carboxylic acids is 1. The fourth-order valence-electron chi connectivity index (χ4n) is 9.76. The van der Waals surface area contributed by atoms with Crippen molar-refractivity contribution in [3.05, 3.63) is 36.5 Å². The van der Waals surface area contributed by atoms with Gasteiger partial charge < -0.3 is 19.8 Å². The maximum atomic E-state index is 13.0. The highest BCUT2D eigenvalue weighted by molar-refractivity contribution is 7.47. The number of phosphoric ester groups is 1. The molecule has 1 amide bonds. The van der Waals surface area contributed by atoms with Crippen molar-refractivity contribution < 1.29 is 32.9 Å². The Labute approximate surface area is 461 Å². The van der Waals surface area contributed by atoms with E-state index in [1.807, 2.05) is 27.2 Å². The molecular weight excluding hydrogens is 936 g/mol. The fraction of sp³-hybridized carbons (Fsp3) is 0.892. The van der Waals surface area contributed by atoms with Gasteiger partial charge in [-0.3, -0.25) is 13.8 Å². The van der Waals surface area contributed by atoms with Crippen molar-refractivity contribution in [1.82, 2.24) is 5.32 Å².